The zero-order valence-electron chi connectivity index (χ0n) is 17.1. The van der Waals surface area contributed by atoms with Crippen LogP contribution in [0.1, 0.15) is 66.7 Å². The Kier molecular flexibility index (Phi) is 6.64. The molecule has 2 heterocycles. The van der Waals surface area contributed by atoms with Crippen LogP contribution in [-0.4, -0.2) is 56.3 Å². The van der Waals surface area contributed by atoms with Crippen molar-refractivity contribution in [3.8, 4) is 0 Å². The third-order valence-electron chi connectivity index (χ3n) is 6.25. The zero-order valence-corrected chi connectivity index (χ0v) is 17.1. The van der Waals surface area contributed by atoms with E-state index in [0.717, 1.165) is 19.3 Å². The van der Waals surface area contributed by atoms with Crippen LogP contribution in [0, 0.1) is 23.7 Å². The van der Waals surface area contributed by atoms with Crippen LogP contribution in [-0.2, 0) is 14.3 Å². The molecule has 1 aliphatic carbocycles. The fraction of sp³-hybridized carbons (Fsp3) is 0.950. The molecule has 0 aromatic heterocycles. The molecule has 2 aliphatic heterocycles. The van der Waals surface area contributed by atoms with Crippen molar-refractivity contribution < 1.29 is 34.7 Å². The van der Waals surface area contributed by atoms with Crippen LogP contribution in [0.15, 0.2) is 0 Å². The van der Waals surface area contributed by atoms with Crippen molar-refractivity contribution >= 4 is 5.97 Å². The molecule has 7 atom stereocenters. The van der Waals surface area contributed by atoms with E-state index in [0.29, 0.717) is 24.9 Å². The van der Waals surface area contributed by atoms with E-state index in [1.165, 1.54) is 13.8 Å². The second-order valence-electron chi connectivity index (χ2n) is 9.51. The van der Waals surface area contributed by atoms with Gasteiger partial charge in [-0.1, -0.05) is 13.8 Å². The summed E-state index contributed by atoms with van der Waals surface area (Å²) in [7, 11) is 0. The Morgan fingerprint density at radius 1 is 1.11 bits per heavy atom. The molecule has 0 aromatic carbocycles. The molecule has 158 valence electrons. The Hall–Kier alpha value is -0.730. The van der Waals surface area contributed by atoms with E-state index in [9.17, 15) is 15.0 Å². The standard InChI is InChI=1S/C15H26O4.C5H10O3/c1-9-4-5-11-10(2)8-18-13-15(11,17)12(9)6-7-14(3,16)19-13;1-5(2,8)3-4(6)7/h9-13,16-17H,4-8H2,1-3H3;8H,3H2,1-2H3,(H,6,7)/t9?,10-,11?,12?,13+,14?,15-;/m0./s1. The molecule has 0 radical (unpaired) electrons. The van der Waals surface area contributed by atoms with Crippen molar-refractivity contribution in [2.24, 2.45) is 23.7 Å². The maximum atomic E-state index is 11.4. The molecule has 7 heteroatoms. The van der Waals surface area contributed by atoms with Crippen molar-refractivity contribution in [3.05, 3.63) is 0 Å². The van der Waals surface area contributed by atoms with Crippen LogP contribution in [0.4, 0.5) is 0 Å². The minimum atomic E-state index is -1.19. The Bertz CT molecular complexity index is 527. The smallest absolute Gasteiger partial charge is 0.306 e. The van der Waals surface area contributed by atoms with Gasteiger partial charge in [0.15, 0.2) is 12.1 Å². The average Bonchev–Trinajstić information content (AvgIpc) is 2.57. The van der Waals surface area contributed by atoms with Gasteiger partial charge in [-0.15, -0.1) is 0 Å². The van der Waals surface area contributed by atoms with Crippen LogP contribution in [0.2, 0.25) is 0 Å². The first-order valence-corrected chi connectivity index (χ1v) is 9.94. The van der Waals surface area contributed by atoms with Gasteiger partial charge in [0.1, 0.15) is 5.60 Å². The largest absolute Gasteiger partial charge is 0.481 e. The molecule has 27 heavy (non-hydrogen) atoms. The normalized spacial score (nSPS) is 44.4. The van der Waals surface area contributed by atoms with Gasteiger partial charge in [-0.25, -0.2) is 0 Å². The number of carboxylic acid groups (broad SMARTS) is 1. The van der Waals surface area contributed by atoms with Crippen molar-refractivity contribution in [3.63, 3.8) is 0 Å². The molecule has 3 rings (SSSR count). The molecule has 2 saturated heterocycles. The monoisotopic (exact) mass is 388 g/mol. The van der Waals surface area contributed by atoms with Gasteiger partial charge in [-0.3, -0.25) is 4.79 Å². The van der Waals surface area contributed by atoms with Crippen LogP contribution in [0.3, 0.4) is 0 Å². The number of carbonyl (C=O) groups is 1. The molecule has 0 spiro atoms. The van der Waals surface area contributed by atoms with E-state index < -0.39 is 29.2 Å². The Labute approximate surface area is 161 Å². The Morgan fingerprint density at radius 3 is 2.22 bits per heavy atom. The molecule has 4 N–H and O–H groups in total. The lowest BCUT2D eigenvalue weighted by molar-refractivity contribution is -0.363. The molecule has 0 amide bonds. The molecule has 4 unspecified atom stereocenters. The third-order valence-corrected chi connectivity index (χ3v) is 6.25. The minimum Gasteiger partial charge on any atom is -0.481 e. The summed E-state index contributed by atoms with van der Waals surface area (Å²) in [6.45, 7) is 9.55. The number of aliphatic carboxylic acids is 1. The zero-order chi connectivity index (χ0) is 20.6. The molecule has 3 aliphatic rings. The molecule has 0 bridgehead atoms. The number of hydrogen-bond acceptors (Lipinski definition) is 6. The Balaban J connectivity index is 0.000000279. The number of carboxylic acids is 1. The third kappa shape index (κ3) is 5.21. The summed E-state index contributed by atoms with van der Waals surface area (Å²) in [4.78, 5) is 9.85. The summed E-state index contributed by atoms with van der Waals surface area (Å²) < 4.78 is 11.5. The number of aliphatic hydroxyl groups is 3. The summed E-state index contributed by atoms with van der Waals surface area (Å²) in [5, 5.41) is 38.5. The predicted octanol–water partition coefficient (Wildman–Crippen LogP) is 2.12. The van der Waals surface area contributed by atoms with Gasteiger partial charge in [-0.2, -0.15) is 0 Å². The minimum absolute atomic E-state index is 0.160. The summed E-state index contributed by atoms with van der Waals surface area (Å²) in [6.07, 6.45) is 2.66. The lowest BCUT2D eigenvalue weighted by Gasteiger charge is -2.55. The summed E-state index contributed by atoms with van der Waals surface area (Å²) in [5.74, 6) is -0.979. The first-order valence-electron chi connectivity index (χ1n) is 9.94. The number of hydrogen-bond donors (Lipinski definition) is 4. The highest BCUT2D eigenvalue weighted by molar-refractivity contribution is 5.67. The van der Waals surface area contributed by atoms with Crippen molar-refractivity contribution in [1.29, 1.82) is 0 Å². The van der Waals surface area contributed by atoms with Crippen LogP contribution >= 0.6 is 0 Å². The maximum absolute atomic E-state index is 11.4. The van der Waals surface area contributed by atoms with Gasteiger partial charge in [0.2, 0.25) is 0 Å². The van der Waals surface area contributed by atoms with Gasteiger partial charge in [-0.05, 0) is 63.7 Å². The SMILES string of the molecule is CC(C)(O)CC(=O)O.CC1CCC2[C@@H](C)CO[C@@H]3OC(C)(O)CCC1[C@@]23O. The molecular weight excluding hydrogens is 352 g/mol. The van der Waals surface area contributed by atoms with Gasteiger partial charge in [0, 0.05) is 6.42 Å². The lowest BCUT2D eigenvalue weighted by Crippen LogP contribution is -2.64. The molecular formula is C20H36O7. The second kappa shape index (κ2) is 7.95. The molecule has 1 saturated carbocycles. The van der Waals surface area contributed by atoms with Crippen molar-refractivity contribution in [2.45, 2.75) is 90.0 Å². The van der Waals surface area contributed by atoms with E-state index in [1.54, 1.807) is 6.92 Å². The summed E-state index contributed by atoms with van der Waals surface area (Å²) in [5.41, 5.74) is -2.01. The van der Waals surface area contributed by atoms with Crippen molar-refractivity contribution in [2.75, 3.05) is 6.61 Å². The van der Waals surface area contributed by atoms with Gasteiger partial charge < -0.3 is 29.9 Å². The number of rotatable bonds is 2. The van der Waals surface area contributed by atoms with E-state index in [1.807, 2.05) is 0 Å². The van der Waals surface area contributed by atoms with E-state index in [-0.39, 0.29) is 18.3 Å². The first-order chi connectivity index (χ1) is 12.3. The highest BCUT2D eigenvalue weighted by Crippen LogP contribution is 2.54. The van der Waals surface area contributed by atoms with E-state index >= 15 is 0 Å². The summed E-state index contributed by atoms with van der Waals surface area (Å²) >= 11 is 0. The fourth-order valence-electron chi connectivity index (χ4n) is 4.91. The highest BCUT2D eigenvalue weighted by Gasteiger charge is 2.61. The van der Waals surface area contributed by atoms with Crippen LogP contribution in [0.5, 0.6) is 0 Å². The topological polar surface area (TPSA) is 116 Å². The second-order valence-corrected chi connectivity index (χ2v) is 9.51. The average molecular weight is 389 g/mol. The molecule has 7 nitrogen and oxygen atoms in total. The fourth-order valence-corrected chi connectivity index (χ4v) is 4.91. The Morgan fingerprint density at radius 2 is 1.70 bits per heavy atom. The van der Waals surface area contributed by atoms with Gasteiger partial charge >= 0.3 is 5.97 Å². The molecule has 0 aromatic rings. The molecule has 3 fully saturated rings. The van der Waals surface area contributed by atoms with Crippen LogP contribution in [0.25, 0.3) is 0 Å². The maximum Gasteiger partial charge on any atom is 0.306 e. The number of ether oxygens (including phenoxy) is 2. The van der Waals surface area contributed by atoms with Gasteiger partial charge in [0.05, 0.1) is 18.6 Å². The predicted molar refractivity (Wildman–Crippen MR) is 98.7 cm³/mol. The summed E-state index contributed by atoms with van der Waals surface area (Å²) in [6, 6.07) is 0. The van der Waals surface area contributed by atoms with E-state index in [4.69, 9.17) is 19.7 Å². The lowest BCUT2D eigenvalue weighted by atomic mass is 9.58. The van der Waals surface area contributed by atoms with E-state index in [2.05, 4.69) is 13.8 Å². The van der Waals surface area contributed by atoms with Gasteiger partial charge in [0.25, 0.3) is 0 Å². The highest BCUT2D eigenvalue weighted by atomic mass is 16.7. The van der Waals surface area contributed by atoms with Crippen molar-refractivity contribution in [1.82, 2.24) is 0 Å². The van der Waals surface area contributed by atoms with Crippen LogP contribution < -0.4 is 0 Å². The first kappa shape index (κ1) is 22.6. The quantitative estimate of drug-likeness (QED) is 0.572.